The number of carbonyl (C=O) groups is 1. The summed E-state index contributed by atoms with van der Waals surface area (Å²) >= 11 is 0. The van der Waals surface area contributed by atoms with Gasteiger partial charge in [0.1, 0.15) is 0 Å². The summed E-state index contributed by atoms with van der Waals surface area (Å²) in [6, 6.07) is 0.211. The minimum Gasteiger partial charge on any atom is -0.393 e. The van der Waals surface area contributed by atoms with E-state index in [0.29, 0.717) is 0 Å². The van der Waals surface area contributed by atoms with Crippen molar-refractivity contribution in [3.63, 3.8) is 0 Å². The van der Waals surface area contributed by atoms with Crippen molar-refractivity contribution < 1.29 is 9.90 Å². The Hall–Kier alpha value is -0.610. The van der Waals surface area contributed by atoms with Crippen LogP contribution < -0.4 is 10.6 Å². The lowest BCUT2D eigenvalue weighted by atomic mass is 9.89. The van der Waals surface area contributed by atoms with Crippen molar-refractivity contribution >= 4 is 5.91 Å². The van der Waals surface area contributed by atoms with E-state index in [9.17, 15) is 4.79 Å². The van der Waals surface area contributed by atoms with Crippen LogP contribution in [0, 0.1) is 0 Å². The summed E-state index contributed by atoms with van der Waals surface area (Å²) < 4.78 is 0. The van der Waals surface area contributed by atoms with E-state index in [4.69, 9.17) is 5.11 Å². The molecule has 1 amide bonds. The molecule has 1 saturated carbocycles. The lowest BCUT2D eigenvalue weighted by Crippen LogP contribution is -2.53. The number of carbonyl (C=O) groups excluding carboxylic acids is 1. The standard InChI is InChI=1S/C10H18N2O2/c13-8-5-7(6-8)12-10(14)9-3-1-2-4-11-9/h7-9,11,13H,1-6H2,(H,12,14). The van der Waals surface area contributed by atoms with E-state index >= 15 is 0 Å². The van der Waals surface area contributed by atoms with Crippen molar-refractivity contribution in [1.29, 1.82) is 0 Å². The molecule has 3 N–H and O–H groups in total. The van der Waals surface area contributed by atoms with Gasteiger partial charge in [-0.3, -0.25) is 4.79 Å². The van der Waals surface area contributed by atoms with Gasteiger partial charge in [-0.2, -0.15) is 0 Å². The summed E-state index contributed by atoms with van der Waals surface area (Å²) in [5.74, 6) is 0.113. The fourth-order valence-corrected chi connectivity index (χ4v) is 2.08. The first-order valence-corrected chi connectivity index (χ1v) is 5.47. The second-order valence-electron chi connectivity index (χ2n) is 4.33. The molecular weight excluding hydrogens is 180 g/mol. The maximum atomic E-state index is 11.7. The van der Waals surface area contributed by atoms with Crippen LogP contribution >= 0.6 is 0 Å². The Morgan fingerprint density at radius 3 is 2.71 bits per heavy atom. The minimum absolute atomic E-state index is 0.00138. The van der Waals surface area contributed by atoms with Gasteiger partial charge in [0.2, 0.25) is 5.91 Å². The molecule has 4 heteroatoms. The number of amides is 1. The average Bonchev–Trinajstić information content (AvgIpc) is 2.17. The van der Waals surface area contributed by atoms with Crippen LogP contribution in [0.5, 0.6) is 0 Å². The van der Waals surface area contributed by atoms with Crippen LogP contribution in [0.3, 0.4) is 0 Å². The van der Waals surface area contributed by atoms with Crippen LogP contribution in [0.2, 0.25) is 0 Å². The molecular formula is C10H18N2O2. The average molecular weight is 198 g/mol. The zero-order valence-corrected chi connectivity index (χ0v) is 8.33. The van der Waals surface area contributed by atoms with Gasteiger partial charge >= 0.3 is 0 Å². The van der Waals surface area contributed by atoms with E-state index in [1.165, 1.54) is 6.42 Å². The molecule has 1 heterocycles. The number of rotatable bonds is 2. The first kappa shape index (κ1) is 9.93. The van der Waals surface area contributed by atoms with Crippen LogP contribution in [0.4, 0.5) is 0 Å². The number of piperidine rings is 1. The smallest absolute Gasteiger partial charge is 0.237 e. The van der Waals surface area contributed by atoms with E-state index in [-0.39, 0.29) is 24.1 Å². The van der Waals surface area contributed by atoms with Gasteiger partial charge in [0.05, 0.1) is 12.1 Å². The second kappa shape index (κ2) is 4.28. The van der Waals surface area contributed by atoms with Gasteiger partial charge in [0.15, 0.2) is 0 Å². The van der Waals surface area contributed by atoms with Gasteiger partial charge in [0, 0.05) is 6.04 Å². The lowest BCUT2D eigenvalue weighted by Gasteiger charge is -2.34. The number of hydrogen-bond donors (Lipinski definition) is 3. The largest absolute Gasteiger partial charge is 0.393 e. The molecule has 1 aliphatic heterocycles. The summed E-state index contributed by atoms with van der Waals surface area (Å²) in [7, 11) is 0. The maximum absolute atomic E-state index is 11.7. The normalized spacial score (nSPS) is 37.4. The predicted octanol–water partition coefficient (Wildman–Crippen LogP) is -0.232. The predicted molar refractivity (Wildman–Crippen MR) is 52.8 cm³/mol. The molecule has 0 aromatic heterocycles. The van der Waals surface area contributed by atoms with Gasteiger partial charge in [-0.25, -0.2) is 0 Å². The van der Waals surface area contributed by atoms with E-state index in [1.54, 1.807) is 0 Å². The number of aliphatic hydroxyl groups is 1. The number of nitrogens with one attached hydrogen (secondary N) is 2. The third kappa shape index (κ3) is 2.25. The van der Waals surface area contributed by atoms with Gasteiger partial charge in [-0.05, 0) is 32.2 Å². The van der Waals surface area contributed by atoms with Gasteiger partial charge in [-0.1, -0.05) is 6.42 Å². The molecule has 80 valence electrons. The molecule has 2 fully saturated rings. The molecule has 0 aromatic rings. The Kier molecular flexibility index (Phi) is 3.03. The molecule has 1 unspecified atom stereocenters. The summed E-state index contributed by atoms with van der Waals surface area (Å²) in [5.41, 5.74) is 0. The van der Waals surface area contributed by atoms with Crippen molar-refractivity contribution in [2.75, 3.05) is 6.54 Å². The highest BCUT2D eigenvalue weighted by Gasteiger charge is 2.30. The van der Waals surface area contributed by atoms with Gasteiger partial charge in [-0.15, -0.1) is 0 Å². The van der Waals surface area contributed by atoms with Crippen molar-refractivity contribution in [2.45, 2.75) is 50.3 Å². The third-order valence-electron chi connectivity index (χ3n) is 3.09. The van der Waals surface area contributed by atoms with Crippen LogP contribution in [-0.4, -0.2) is 35.7 Å². The molecule has 0 aromatic carbocycles. The SMILES string of the molecule is O=C(NC1CC(O)C1)C1CCCCN1. The van der Waals surface area contributed by atoms with Gasteiger partial charge in [0.25, 0.3) is 0 Å². The highest BCUT2D eigenvalue weighted by Crippen LogP contribution is 2.19. The maximum Gasteiger partial charge on any atom is 0.237 e. The van der Waals surface area contributed by atoms with Crippen LogP contribution in [0.15, 0.2) is 0 Å². The fraction of sp³-hybridized carbons (Fsp3) is 0.900. The number of aliphatic hydroxyl groups excluding tert-OH is 1. The quantitative estimate of drug-likeness (QED) is 0.574. The summed E-state index contributed by atoms with van der Waals surface area (Å²) in [5, 5.41) is 15.2. The Bertz CT molecular complexity index is 208. The monoisotopic (exact) mass is 198 g/mol. The summed E-state index contributed by atoms with van der Waals surface area (Å²) in [6.07, 6.45) is 4.50. The molecule has 2 aliphatic rings. The van der Waals surface area contributed by atoms with Crippen molar-refractivity contribution in [1.82, 2.24) is 10.6 Å². The van der Waals surface area contributed by atoms with E-state index < -0.39 is 0 Å². The fourth-order valence-electron chi connectivity index (χ4n) is 2.08. The molecule has 0 spiro atoms. The molecule has 0 radical (unpaired) electrons. The minimum atomic E-state index is -0.195. The van der Waals surface area contributed by atoms with E-state index in [0.717, 1.165) is 32.2 Å². The van der Waals surface area contributed by atoms with Crippen LogP contribution in [0.25, 0.3) is 0 Å². The molecule has 1 saturated heterocycles. The Morgan fingerprint density at radius 1 is 1.36 bits per heavy atom. The van der Waals surface area contributed by atoms with E-state index in [1.807, 2.05) is 0 Å². The first-order valence-electron chi connectivity index (χ1n) is 5.47. The topological polar surface area (TPSA) is 61.4 Å². The Morgan fingerprint density at radius 2 is 2.14 bits per heavy atom. The summed E-state index contributed by atoms with van der Waals surface area (Å²) in [4.78, 5) is 11.7. The van der Waals surface area contributed by atoms with Crippen LogP contribution in [0.1, 0.15) is 32.1 Å². The zero-order valence-electron chi connectivity index (χ0n) is 8.33. The highest BCUT2D eigenvalue weighted by atomic mass is 16.3. The Balaban J connectivity index is 1.71. The summed E-state index contributed by atoms with van der Waals surface area (Å²) in [6.45, 7) is 0.950. The van der Waals surface area contributed by atoms with Crippen molar-refractivity contribution in [3.8, 4) is 0 Å². The molecule has 0 bridgehead atoms. The molecule has 1 aliphatic carbocycles. The van der Waals surface area contributed by atoms with Gasteiger partial charge < -0.3 is 15.7 Å². The van der Waals surface area contributed by atoms with Crippen molar-refractivity contribution in [3.05, 3.63) is 0 Å². The third-order valence-corrected chi connectivity index (χ3v) is 3.09. The lowest BCUT2D eigenvalue weighted by molar-refractivity contribution is -0.125. The molecule has 14 heavy (non-hydrogen) atoms. The molecule has 4 nitrogen and oxygen atoms in total. The zero-order chi connectivity index (χ0) is 9.97. The molecule has 1 atom stereocenters. The second-order valence-corrected chi connectivity index (χ2v) is 4.33. The van der Waals surface area contributed by atoms with E-state index in [2.05, 4.69) is 10.6 Å². The highest BCUT2D eigenvalue weighted by molar-refractivity contribution is 5.82. The molecule has 2 rings (SSSR count). The first-order chi connectivity index (χ1) is 6.75. The Labute approximate surface area is 84.1 Å². The number of hydrogen-bond acceptors (Lipinski definition) is 3. The van der Waals surface area contributed by atoms with Crippen LogP contribution in [-0.2, 0) is 4.79 Å². The van der Waals surface area contributed by atoms with Crippen molar-refractivity contribution in [2.24, 2.45) is 0 Å².